The van der Waals surface area contributed by atoms with Crippen LogP contribution in [0, 0.1) is 6.92 Å². The molecule has 3 nitrogen and oxygen atoms in total. The Morgan fingerprint density at radius 1 is 1.50 bits per heavy atom. The molecule has 88 valence electrons. The van der Waals surface area contributed by atoms with Gasteiger partial charge in [-0.15, -0.1) is 0 Å². The molecule has 1 aromatic rings. The number of aryl methyl sites for hydroxylation is 1. The van der Waals surface area contributed by atoms with Crippen LogP contribution in [-0.2, 0) is 4.79 Å². The summed E-state index contributed by atoms with van der Waals surface area (Å²) < 4.78 is 5.33. The Hall–Kier alpha value is -1.22. The van der Waals surface area contributed by atoms with Crippen LogP contribution in [0.4, 0.5) is 0 Å². The van der Waals surface area contributed by atoms with Gasteiger partial charge < -0.3 is 10.1 Å². The second-order valence-electron chi connectivity index (χ2n) is 3.57. The van der Waals surface area contributed by atoms with Crippen molar-refractivity contribution in [2.24, 2.45) is 0 Å². The number of amides is 1. The number of ether oxygens (including phenoxy) is 1. The molecule has 0 spiro atoms. The van der Waals surface area contributed by atoms with E-state index in [0.717, 1.165) is 12.0 Å². The third-order valence-electron chi connectivity index (χ3n) is 2.02. The summed E-state index contributed by atoms with van der Waals surface area (Å²) in [7, 11) is 0. The van der Waals surface area contributed by atoms with E-state index < -0.39 is 0 Å². The highest BCUT2D eigenvalue weighted by atomic mass is 35.5. The molecule has 0 saturated carbocycles. The minimum atomic E-state index is -0.126. The molecule has 0 aliphatic rings. The van der Waals surface area contributed by atoms with E-state index in [-0.39, 0.29) is 12.5 Å². The highest BCUT2D eigenvalue weighted by Crippen LogP contribution is 2.24. The smallest absolute Gasteiger partial charge is 0.257 e. The van der Waals surface area contributed by atoms with E-state index in [9.17, 15) is 4.79 Å². The van der Waals surface area contributed by atoms with Crippen LogP contribution in [0.2, 0.25) is 5.02 Å². The molecule has 0 bridgehead atoms. The van der Waals surface area contributed by atoms with Crippen molar-refractivity contribution >= 4 is 17.5 Å². The predicted molar refractivity (Wildman–Crippen MR) is 65.0 cm³/mol. The van der Waals surface area contributed by atoms with Gasteiger partial charge in [-0.05, 0) is 31.0 Å². The zero-order valence-corrected chi connectivity index (χ0v) is 10.3. The van der Waals surface area contributed by atoms with Crippen LogP contribution in [0.25, 0.3) is 0 Å². The Kier molecular flexibility index (Phi) is 5.12. The second kappa shape index (κ2) is 6.38. The Morgan fingerprint density at radius 3 is 2.94 bits per heavy atom. The molecular formula is C12H16ClNO2. The van der Waals surface area contributed by atoms with Crippen molar-refractivity contribution in [3.63, 3.8) is 0 Å². The van der Waals surface area contributed by atoms with Crippen molar-refractivity contribution in [1.29, 1.82) is 0 Å². The molecule has 0 heterocycles. The van der Waals surface area contributed by atoms with Gasteiger partial charge in [0.25, 0.3) is 5.91 Å². The number of nitrogens with one attached hydrogen (secondary N) is 1. The largest absolute Gasteiger partial charge is 0.482 e. The topological polar surface area (TPSA) is 38.3 Å². The van der Waals surface area contributed by atoms with Crippen LogP contribution in [0.1, 0.15) is 18.9 Å². The van der Waals surface area contributed by atoms with Crippen molar-refractivity contribution in [1.82, 2.24) is 5.32 Å². The lowest BCUT2D eigenvalue weighted by Gasteiger charge is -2.08. The first-order valence-electron chi connectivity index (χ1n) is 5.29. The van der Waals surface area contributed by atoms with Gasteiger partial charge in [0, 0.05) is 6.54 Å². The summed E-state index contributed by atoms with van der Waals surface area (Å²) >= 11 is 5.93. The maximum Gasteiger partial charge on any atom is 0.257 e. The summed E-state index contributed by atoms with van der Waals surface area (Å²) in [5.74, 6) is 0.424. The first-order valence-corrected chi connectivity index (χ1v) is 5.67. The number of rotatable bonds is 5. The highest BCUT2D eigenvalue weighted by Gasteiger charge is 2.05. The second-order valence-corrected chi connectivity index (χ2v) is 3.98. The number of carbonyl (C=O) groups is 1. The van der Waals surface area contributed by atoms with Crippen LogP contribution in [0.15, 0.2) is 18.2 Å². The molecule has 0 unspecified atom stereocenters. The van der Waals surface area contributed by atoms with Gasteiger partial charge in [0.05, 0.1) is 5.02 Å². The number of hydrogen-bond acceptors (Lipinski definition) is 2. The quantitative estimate of drug-likeness (QED) is 0.861. The van der Waals surface area contributed by atoms with E-state index in [1.165, 1.54) is 0 Å². The number of benzene rings is 1. The van der Waals surface area contributed by atoms with Crippen LogP contribution in [0.3, 0.4) is 0 Å². The number of hydrogen-bond donors (Lipinski definition) is 1. The van der Waals surface area contributed by atoms with E-state index in [4.69, 9.17) is 16.3 Å². The molecule has 0 atom stereocenters. The summed E-state index contributed by atoms with van der Waals surface area (Å²) in [6, 6.07) is 5.47. The highest BCUT2D eigenvalue weighted by molar-refractivity contribution is 6.32. The molecule has 0 aliphatic heterocycles. The van der Waals surface area contributed by atoms with E-state index in [1.54, 1.807) is 6.07 Å². The summed E-state index contributed by atoms with van der Waals surface area (Å²) in [6.45, 7) is 4.62. The molecule has 0 radical (unpaired) electrons. The monoisotopic (exact) mass is 241 g/mol. The third-order valence-corrected chi connectivity index (χ3v) is 2.33. The third kappa shape index (κ3) is 4.11. The minimum absolute atomic E-state index is 0.00315. The van der Waals surface area contributed by atoms with Crippen LogP contribution >= 0.6 is 11.6 Å². The number of halogens is 1. The zero-order chi connectivity index (χ0) is 12.0. The summed E-state index contributed by atoms with van der Waals surface area (Å²) in [5.41, 5.74) is 1.05. The van der Waals surface area contributed by atoms with Crippen LogP contribution in [0.5, 0.6) is 5.75 Å². The molecule has 1 N–H and O–H groups in total. The van der Waals surface area contributed by atoms with E-state index in [0.29, 0.717) is 17.3 Å². The van der Waals surface area contributed by atoms with E-state index in [1.807, 2.05) is 26.0 Å². The fraction of sp³-hybridized carbons (Fsp3) is 0.417. The first-order chi connectivity index (χ1) is 7.63. The zero-order valence-electron chi connectivity index (χ0n) is 9.55. The SMILES string of the molecule is CCCNC(=O)COc1cc(C)ccc1Cl. The van der Waals surface area contributed by atoms with Crippen molar-refractivity contribution in [2.45, 2.75) is 20.3 Å². The molecule has 0 fully saturated rings. The maximum atomic E-state index is 11.3. The average Bonchev–Trinajstić information content (AvgIpc) is 2.27. The molecule has 0 aliphatic carbocycles. The van der Waals surface area contributed by atoms with Gasteiger partial charge in [-0.3, -0.25) is 4.79 Å². The summed E-state index contributed by atoms with van der Waals surface area (Å²) in [6.07, 6.45) is 0.914. The van der Waals surface area contributed by atoms with Crippen molar-refractivity contribution < 1.29 is 9.53 Å². The molecule has 0 aromatic heterocycles. The normalized spacial score (nSPS) is 9.94. The van der Waals surface area contributed by atoms with E-state index >= 15 is 0 Å². The molecule has 1 aromatic carbocycles. The first kappa shape index (κ1) is 12.8. The van der Waals surface area contributed by atoms with Gasteiger partial charge in [0.1, 0.15) is 5.75 Å². The fourth-order valence-electron chi connectivity index (χ4n) is 1.18. The predicted octanol–water partition coefficient (Wildman–Crippen LogP) is 2.55. The van der Waals surface area contributed by atoms with Gasteiger partial charge in [0.15, 0.2) is 6.61 Å². The summed E-state index contributed by atoms with van der Waals surface area (Å²) in [4.78, 5) is 11.3. The minimum Gasteiger partial charge on any atom is -0.482 e. The van der Waals surface area contributed by atoms with Crippen molar-refractivity contribution in [3.05, 3.63) is 28.8 Å². The maximum absolute atomic E-state index is 11.3. The Bertz CT molecular complexity index is 366. The molecule has 4 heteroatoms. The lowest BCUT2D eigenvalue weighted by Crippen LogP contribution is -2.29. The van der Waals surface area contributed by atoms with E-state index in [2.05, 4.69) is 5.32 Å². The molecule has 0 saturated heterocycles. The molecule has 1 amide bonds. The van der Waals surface area contributed by atoms with Crippen molar-refractivity contribution in [2.75, 3.05) is 13.2 Å². The standard InChI is InChI=1S/C12H16ClNO2/c1-3-6-14-12(15)8-16-11-7-9(2)4-5-10(11)13/h4-5,7H,3,6,8H2,1-2H3,(H,14,15). The Balaban J connectivity index is 2.47. The molecular weight excluding hydrogens is 226 g/mol. The van der Waals surface area contributed by atoms with Crippen LogP contribution < -0.4 is 10.1 Å². The molecule has 1 rings (SSSR count). The number of carbonyl (C=O) groups excluding carboxylic acids is 1. The fourth-order valence-corrected chi connectivity index (χ4v) is 1.35. The van der Waals surface area contributed by atoms with Gasteiger partial charge in [-0.25, -0.2) is 0 Å². The Labute approximate surface area is 101 Å². The van der Waals surface area contributed by atoms with Gasteiger partial charge >= 0.3 is 0 Å². The van der Waals surface area contributed by atoms with Crippen LogP contribution in [-0.4, -0.2) is 19.1 Å². The van der Waals surface area contributed by atoms with Crippen molar-refractivity contribution in [3.8, 4) is 5.75 Å². The summed E-state index contributed by atoms with van der Waals surface area (Å²) in [5, 5.41) is 3.25. The van der Waals surface area contributed by atoms with Gasteiger partial charge in [-0.2, -0.15) is 0 Å². The average molecular weight is 242 g/mol. The lowest BCUT2D eigenvalue weighted by molar-refractivity contribution is -0.123. The van der Waals surface area contributed by atoms with Gasteiger partial charge in [0.2, 0.25) is 0 Å². The Morgan fingerprint density at radius 2 is 2.25 bits per heavy atom. The van der Waals surface area contributed by atoms with Gasteiger partial charge in [-0.1, -0.05) is 24.6 Å². The molecule has 16 heavy (non-hydrogen) atoms. The lowest BCUT2D eigenvalue weighted by atomic mass is 10.2.